The fraction of sp³-hybridized carbons (Fsp3) is 0.250. The lowest BCUT2D eigenvalue weighted by atomic mass is 9.86. The Morgan fingerprint density at radius 1 is 1.39 bits per heavy atom. The van der Waals surface area contributed by atoms with Crippen molar-refractivity contribution in [1.82, 2.24) is 0 Å². The number of nitrogens with two attached hydrogens (primary N) is 2. The first-order valence-corrected chi connectivity index (χ1v) is 5.32. The Bertz CT molecular complexity index is 470. The van der Waals surface area contributed by atoms with E-state index >= 15 is 0 Å². The molecule has 1 aromatic carbocycles. The molecule has 1 unspecified atom stereocenters. The van der Waals surface area contributed by atoms with Gasteiger partial charge >= 0.3 is 5.97 Å². The number of hydrogen-bond donors (Lipinski definition) is 4. The third-order valence-electron chi connectivity index (χ3n) is 2.75. The molecule has 0 aliphatic rings. The van der Waals surface area contributed by atoms with E-state index in [1.807, 2.05) is 0 Å². The van der Waals surface area contributed by atoms with Gasteiger partial charge in [-0.05, 0) is 12.0 Å². The molecule has 0 aromatic heterocycles. The zero-order valence-electron chi connectivity index (χ0n) is 9.72. The summed E-state index contributed by atoms with van der Waals surface area (Å²) in [6, 6.07) is 6.08. The quantitative estimate of drug-likeness (QED) is 0.325. The Kier molecular flexibility index (Phi) is 4.17. The first-order chi connectivity index (χ1) is 8.41. The van der Waals surface area contributed by atoms with Crippen LogP contribution in [0.25, 0.3) is 0 Å². The Balaban J connectivity index is 3.10. The molecular weight excluding hydrogens is 234 g/mol. The number of rotatable bonds is 6. The van der Waals surface area contributed by atoms with Crippen LogP contribution in [0, 0.1) is 5.41 Å². The zero-order chi connectivity index (χ0) is 13.8. The average molecular weight is 249 g/mol. The van der Waals surface area contributed by atoms with Gasteiger partial charge in [-0.3, -0.25) is 5.41 Å². The monoisotopic (exact) mass is 249 g/mol. The van der Waals surface area contributed by atoms with Crippen molar-refractivity contribution in [3.05, 3.63) is 35.4 Å². The summed E-state index contributed by atoms with van der Waals surface area (Å²) in [5.41, 5.74) is 10.4. The molecule has 0 radical (unpaired) electrons. The van der Waals surface area contributed by atoms with Gasteiger partial charge in [0.15, 0.2) is 0 Å². The predicted octanol–water partition coefficient (Wildman–Crippen LogP) is 0.188. The number of benzene rings is 1. The molecule has 1 atom stereocenters. The number of carboxylic acids is 1. The largest absolute Gasteiger partial charge is 0.480 e. The smallest absolute Gasteiger partial charge is 0.328 e. The van der Waals surface area contributed by atoms with Crippen LogP contribution in [0.3, 0.4) is 0 Å². The summed E-state index contributed by atoms with van der Waals surface area (Å²) in [5.74, 6) is -1.30. The summed E-state index contributed by atoms with van der Waals surface area (Å²) in [6.07, 6.45) is 0.719. The van der Waals surface area contributed by atoms with Crippen LogP contribution >= 0.6 is 0 Å². The molecule has 0 aliphatic carbocycles. The number of nitrogens with one attached hydrogen (secondary N) is 1. The van der Waals surface area contributed by atoms with Crippen LogP contribution in [0.4, 0.5) is 0 Å². The number of carbonyl (C=O) groups excluding carboxylic acids is 1. The highest BCUT2D eigenvalue weighted by atomic mass is 16.4. The van der Waals surface area contributed by atoms with Gasteiger partial charge in [0.05, 0.1) is 0 Å². The van der Waals surface area contributed by atoms with Crippen LogP contribution in [-0.2, 0) is 15.1 Å². The Morgan fingerprint density at radius 2 is 1.94 bits per heavy atom. The molecule has 1 aromatic rings. The van der Waals surface area contributed by atoms with Gasteiger partial charge in [0, 0.05) is 12.0 Å². The molecule has 0 amide bonds. The van der Waals surface area contributed by atoms with Crippen LogP contribution in [-0.4, -0.2) is 23.2 Å². The van der Waals surface area contributed by atoms with Crippen molar-refractivity contribution in [1.29, 1.82) is 5.41 Å². The highest BCUT2D eigenvalue weighted by Crippen LogP contribution is 2.24. The molecule has 18 heavy (non-hydrogen) atoms. The van der Waals surface area contributed by atoms with Gasteiger partial charge in [0.2, 0.25) is 0 Å². The number of aldehydes is 1. The first-order valence-electron chi connectivity index (χ1n) is 5.32. The summed E-state index contributed by atoms with van der Waals surface area (Å²) in [6.45, 7) is 0. The predicted molar refractivity (Wildman–Crippen MR) is 66.3 cm³/mol. The van der Waals surface area contributed by atoms with Gasteiger partial charge in [-0.2, -0.15) is 0 Å². The molecule has 0 spiro atoms. The number of carboxylic acid groups (broad SMARTS) is 1. The van der Waals surface area contributed by atoms with Gasteiger partial charge in [-0.25, -0.2) is 4.79 Å². The van der Waals surface area contributed by atoms with Gasteiger partial charge in [-0.1, -0.05) is 24.3 Å². The highest BCUT2D eigenvalue weighted by Gasteiger charge is 2.35. The van der Waals surface area contributed by atoms with Crippen molar-refractivity contribution in [3.63, 3.8) is 0 Å². The van der Waals surface area contributed by atoms with Gasteiger partial charge in [-0.15, -0.1) is 0 Å². The van der Waals surface area contributed by atoms with Crippen molar-refractivity contribution < 1.29 is 14.7 Å². The van der Waals surface area contributed by atoms with Crippen molar-refractivity contribution in [2.75, 3.05) is 0 Å². The number of hydrogen-bond acceptors (Lipinski definition) is 4. The number of carbonyl (C=O) groups is 2. The maximum absolute atomic E-state index is 11.2. The fourth-order valence-corrected chi connectivity index (χ4v) is 1.61. The van der Waals surface area contributed by atoms with Crippen LogP contribution in [0.15, 0.2) is 24.3 Å². The van der Waals surface area contributed by atoms with Crippen molar-refractivity contribution in [2.24, 2.45) is 11.5 Å². The van der Waals surface area contributed by atoms with E-state index in [2.05, 4.69) is 0 Å². The molecule has 6 nitrogen and oxygen atoms in total. The molecule has 0 fully saturated rings. The highest BCUT2D eigenvalue weighted by molar-refractivity contribution is 5.95. The third kappa shape index (κ3) is 2.72. The van der Waals surface area contributed by atoms with Gasteiger partial charge in [0.25, 0.3) is 0 Å². The van der Waals surface area contributed by atoms with Gasteiger partial charge < -0.3 is 21.4 Å². The number of nitrogen functional groups attached to an aromatic ring is 1. The topological polar surface area (TPSA) is 130 Å². The Hall–Kier alpha value is -2.21. The van der Waals surface area contributed by atoms with Crippen LogP contribution < -0.4 is 11.5 Å². The maximum Gasteiger partial charge on any atom is 0.328 e. The third-order valence-corrected chi connectivity index (χ3v) is 2.75. The SMILES string of the molecule is N=C(N)c1ccc(C(N)(CCC=O)C(=O)O)cc1. The summed E-state index contributed by atoms with van der Waals surface area (Å²) in [7, 11) is 0. The lowest BCUT2D eigenvalue weighted by molar-refractivity contribution is -0.144. The molecule has 96 valence electrons. The molecule has 1 rings (SSSR count). The second-order valence-electron chi connectivity index (χ2n) is 3.97. The maximum atomic E-state index is 11.2. The van der Waals surface area contributed by atoms with Crippen LogP contribution in [0.1, 0.15) is 24.0 Å². The van der Waals surface area contributed by atoms with E-state index in [1.165, 1.54) is 24.3 Å². The molecule has 0 saturated carbocycles. The van der Waals surface area contributed by atoms with Crippen LogP contribution in [0.5, 0.6) is 0 Å². The van der Waals surface area contributed by atoms with Crippen molar-refractivity contribution >= 4 is 18.1 Å². The number of aliphatic carboxylic acids is 1. The van der Waals surface area contributed by atoms with Crippen molar-refractivity contribution in [2.45, 2.75) is 18.4 Å². The van der Waals surface area contributed by atoms with Crippen LogP contribution in [0.2, 0.25) is 0 Å². The van der Waals surface area contributed by atoms with E-state index in [4.69, 9.17) is 16.9 Å². The van der Waals surface area contributed by atoms with E-state index in [1.54, 1.807) is 0 Å². The summed E-state index contributed by atoms with van der Waals surface area (Å²) >= 11 is 0. The second kappa shape index (κ2) is 5.42. The Morgan fingerprint density at radius 3 is 2.33 bits per heavy atom. The number of amidine groups is 1. The van der Waals surface area contributed by atoms with E-state index < -0.39 is 11.5 Å². The van der Waals surface area contributed by atoms with Crippen molar-refractivity contribution in [3.8, 4) is 0 Å². The van der Waals surface area contributed by atoms with E-state index in [0.29, 0.717) is 17.4 Å². The molecule has 0 bridgehead atoms. The van der Waals surface area contributed by atoms with E-state index in [-0.39, 0.29) is 18.7 Å². The molecule has 0 heterocycles. The second-order valence-corrected chi connectivity index (χ2v) is 3.97. The standard InChI is InChI=1S/C12H15N3O3/c13-10(14)8-2-4-9(5-3-8)12(15,11(17)18)6-1-7-16/h2-5,7H,1,6,15H2,(H3,13,14)(H,17,18). The average Bonchev–Trinajstić information content (AvgIpc) is 2.35. The van der Waals surface area contributed by atoms with E-state index in [9.17, 15) is 14.7 Å². The molecule has 6 N–H and O–H groups in total. The summed E-state index contributed by atoms with van der Waals surface area (Å²) in [4.78, 5) is 21.6. The molecule has 0 aliphatic heterocycles. The lowest BCUT2D eigenvalue weighted by Gasteiger charge is -2.24. The lowest BCUT2D eigenvalue weighted by Crippen LogP contribution is -2.45. The Labute approximate surface area is 104 Å². The summed E-state index contributed by atoms with van der Waals surface area (Å²) < 4.78 is 0. The molecule has 0 saturated heterocycles. The van der Waals surface area contributed by atoms with Gasteiger partial charge in [0.1, 0.15) is 17.7 Å². The first kappa shape index (κ1) is 13.9. The molecule has 6 heteroatoms. The zero-order valence-corrected chi connectivity index (χ0v) is 9.72. The fourth-order valence-electron chi connectivity index (χ4n) is 1.61. The minimum absolute atomic E-state index is 0.0191. The minimum Gasteiger partial charge on any atom is -0.480 e. The normalized spacial score (nSPS) is 13.6. The van der Waals surface area contributed by atoms with E-state index in [0.717, 1.165) is 0 Å². The molecular formula is C12H15N3O3. The minimum atomic E-state index is -1.60. The summed E-state index contributed by atoms with van der Waals surface area (Å²) in [5, 5.41) is 16.4.